The van der Waals surface area contributed by atoms with Crippen LogP contribution in [0.15, 0.2) is 41.5 Å². The van der Waals surface area contributed by atoms with E-state index in [1.54, 1.807) is 25.4 Å². The van der Waals surface area contributed by atoms with Gasteiger partial charge in [0, 0.05) is 18.0 Å². The summed E-state index contributed by atoms with van der Waals surface area (Å²) in [4.78, 5) is 8.59. The Morgan fingerprint density at radius 2 is 2.20 bits per heavy atom. The third-order valence-corrected chi connectivity index (χ3v) is 4.11. The lowest BCUT2D eigenvalue weighted by atomic mass is 10.3. The molecule has 0 bridgehead atoms. The summed E-state index contributed by atoms with van der Waals surface area (Å²) < 4.78 is 10.7. The molecule has 0 spiro atoms. The van der Waals surface area contributed by atoms with Gasteiger partial charge in [-0.25, -0.2) is 9.98 Å². The number of ether oxygens (including phenoxy) is 2. The maximum Gasteiger partial charge on any atom is 0.213 e. The van der Waals surface area contributed by atoms with Gasteiger partial charge in [-0.05, 0) is 42.5 Å². The van der Waals surface area contributed by atoms with E-state index in [-0.39, 0.29) is 0 Å². The summed E-state index contributed by atoms with van der Waals surface area (Å²) in [6, 6.07) is 9.12. The predicted molar refractivity (Wildman–Crippen MR) is 99.4 cm³/mol. The number of hydrogen-bond donors (Lipinski definition) is 2. The molecule has 7 heteroatoms. The topological polar surface area (TPSA) is 81.8 Å². The fourth-order valence-electron chi connectivity index (χ4n) is 2.19. The number of hydrogen-bond acceptors (Lipinski definition) is 4. The number of benzene rings is 1. The van der Waals surface area contributed by atoms with E-state index in [1.165, 1.54) is 12.8 Å². The van der Waals surface area contributed by atoms with Crippen LogP contribution in [0, 0.1) is 5.92 Å². The van der Waals surface area contributed by atoms with Crippen molar-refractivity contribution in [1.82, 2.24) is 4.98 Å². The number of nitrogens with two attached hydrogens (primary N) is 1. The van der Waals surface area contributed by atoms with Crippen molar-refractivity contribution in [2.24, 2.45) is 16.6 Å². The predicted octanol–water partition coefficient (Wildman–Crippen LogP) is 3.46. The monoisotopic (exact) mass is 360 g/mol. The van der Waals surface area contributed by atoms with Gasteiger partial charge in [0.15, 0.2) is 5.96 Å². The molecule has 3 N–H and O–H groups in total. The van der Waals surface area contributed by atoms with E-state index in [1.807, 2.05) is 18.2 Å². The minimum atomic E-state index is 0.301. The summed E-state index contributed by atoms with van der Waals surface area (Å²) >= 11 is 6.08. The number of halogens is 1. The summed E-state index contributed by atoms with van der Waals surface area (Å²) in [5.41, 5.74) is 7.61. The SMILES string of the molecule is COc1ccc(NC(N)=NCc2ccc(OCC3CC3)nc2)cc1Cl. The van der Waals surface area contributed by atoms with Gasteiger partial charge in [0.1, 0.15) is 5.75 Å². The molecule has 2 aromatic rings. The molecule has 1 saturated carbocycles. The molecule has 0 unspecified atom stereocenters. The Labute approximate surface area is 152 Å². The van der Waals surface area contributed by atoms with Crippen molar-refractivity contribution in [3.05, 3.63) is 47.1 Å². The number of guanidine groups is 1. The van der Waals surface area contributed by atoms with Gasteiger partial charge >= 0.3 is 0 Å². The number of anilines is 1. The van der Waals surface area contributed by atoms with Crippen molar-refractivity contribution in [1.29, 1.82) is 0 Å². The molecule has 3 rings (SSSR count). The number of aliphatic imine (C=N–C) groups is 1. The standard InChI is InChI=1S/C18H21ClN4O2/c1-24-16-6-5-14(8-15(16)19)23-18(20)22-10-13-4-7-17(21-9-13)25-11-12-2-3-12/h4-9,12H,2-3,10-11H2,1H3,(H3,20,22,23). The van der Waals surface area contributed by atoms with Crippen molar-refractivity contribution in [2.45, 2.75) is 19.4 Å². The van der Waals surface area contributed by atoms with Crippen molar-refractivity contribution < 1.29 is 9.47 Å². The molecule has 132 valence electrons. The fraction of sp³-hybridized carbons (Fsp3) is 0.333. The average Bonchev–Trinajstić information content (AvgIpc) is 3.44. The molecule has 25 heavy (non-hydrogen) atoms. The second-order valence-corrected chi connectivity index (χ2v) is 6.34. The summed E-state index contributed by atoms with van der Waals surface area (Å²) in [5, 5.41) is 3.50. The quantitative estimate of drug-likeness (QED) is 0.583. The first-order chi connectivity index (χ1) is 12.1. The van der Waals surface area contributed by atoms with Gasteiger partial charge in [-0.3, -0.25) is 0 Å². The number of methoxy groups -OCH3 is 1. The lowest BCUT2D eigenvalue weighted by molar-refractivity contribution is 0.288. The zero-order valence-corrected chi connectivity index (χ0v) is 14.8. The minimum Gasteiger partial charge on any atom is -0.495 e. The van der Waals surface area contributed by atoms with Gasteiger partial charge in [-0.2, -0.15) is 0 Å². The summed E-state index contributed by atoms with van der Waals surface area (Å²) in [7, 11) is 1.57. The number of rotatable bonds is 7. The molecule has 0 saturated heterocycles. The molecule has 1 aromatic carbocycles. The van der Waals surface area contributed by atoms with E-state index in [2.05, 4.69) is 15.3 Å². The highest BCUT2D eigenvalue weighted by molar-refractivity contribution is 6.32. The highest BCUT2D eigenvalue weighted by atomic mass is 35.5. The zero-order chi connectivity index (χ0) is 17.6. The van der Waals surface area contributed by atoms with Gasteiger partial charge < -0.3 is 20.5 Å². The van der Waals surface area contributed by atoms with E-state index in [0.717, 1.165) is 17.9 Å². The lowest BCUT2D eigenvalue weighted by Gasteiger charge is -2.08. The van der Waals surface area contributed by atoms with E-state index in [0.29, 0.717) is 35.1 Å². The van der Waals surface area contributed by atoms with Gasteiger partial charge in [-0.1, -0.05) is 17.7 Å². The van der Waals surface area contributed by atoms with Crippen LogP contribution in [0.3, 0.4) is 0 Å². The average molecular weight is 361 g/mol. The van der Waals surface area contributed by atoms with Crippen LogP contribution >= 0.6 is 11.6 Å². The van der Waals surface area contributed by atoms with Gasteiger partial charge in [-0.15, -0.1) is 0 Å². The Bertz CT molecular complexity index is 745. The smallest absolute Gasteiger partial charge is 0.213 e. The van der Waals surface area contributed by atoms with Crippen LogP contribution < -0.4 is 20.5 Å². The first-order valence-corrected chi connectivity index (χ1v) is 8.50. The summed E-state index contributed by atoms with van der Waals surface area (Å²) in [5.74, 6) is 2.27. The molecule has 0 amide bonds. The minimum absolute atomic E-state index is 0.301. The van der Waals surface area contributed by atoms with Crippen LogP contribution in [-0.4, -0.2) is 24.7 Å². The van der Waals surface area contributed by atoms with E-state index >= 15 is 0 Å². The van der Waals surface area contributed by atoms with Gasteiger partial charge in [0.2, 0.25) is 5.88 Å². The first kappa shape index (κ1) is 17.4. The van der Waals surface area contributed by atoms with Crippen molar-refractivity contribution >= 4 is 23.2 Å². The maximum atomic E-state index is 6.08. The lowest BCUT2D eigenvalue weighted by Crippen LogP contribution is -2.22. The number of nitrogens with zero attached hydrogens (tertiary/aromatic N) is 2. The molecule has 1 aliphatic rings. The third-order valence-electron chi connectivity index (χ3n) is 3.82. The Kier molecular flexibility index (Phi) is 5.60. The molecule has 1 aromatic heterocycles. The Balaban J connectivity index is 1.52. The highest BCUT2D eigenvalue weighted by Crippen LogP contribution is 2.29. The van der Waals surface area contributed by atoms with E-state index in [9.17, 15) is 0 Å². The number of pyridine rings is 1. The molecule has 1 fully saturated rings. The molecule has 0 aliphatic heterocycles. The van der Waals surface area contributed by atoms with Crippen LogP contribution in [0.5, 0.6) is 11.6 Å². The summed E-state index contributed by atoms with van der Waals surface area (Å²) in [6.45, 7) is 1.18. The zero-order valence-electron chi connectivity index (χ0n) is 14.0. The summed E-state index contributed by atoms with van der Waals surface area (Å²) in [6.07, 6.45) is 4.28. The maximum absolute atomic E-state index is 6.08. The Morgan fingerprint density at radius 1 is 1.36 bits per heavy atom. The molecule has 1 aliphatic carbocycles. The van der Waals surface area contributed by atoms with Crippen LogP contribution in [0.2, 0.25) is 5.02 Å². The van der Waals surface area contributed by atoms with Crippen LogP contribution in [-0.2, 0) is 6.54 Å². The van der Waals surface area contributed by atoms with Crippen molar-refractivity contribution in [2.75, 3.05) is 19.0 Å². The second-order valence-electron chi connectivity index (χ2n) is 5.93. The van der Waals surface area contributed by atoms with E-state index < -0.39 is 0 Å². The highest BCUT2D eigenvalue weighted by Gasteiger charge is 2.21. The van der Waals surface area contributed by atoms with Crippen LogP contribution in [0.25, 0.3) is 0 Å². The number of nitrogens with one attached hydrogen (secondary N) is 1. The normalized spacial score (nSPS) is 14.2. The number of aromatic nitrogens is 1. The van der Waals surface area contributed by atoms with Gasteiger partial charge in [0.25, 0.3) is 0 Å². The molecule has 0 atom stereocenters. The molecular weight excluding hydrogens is 340 g/mol. The largest absolute Gasteiger partial charge is 0.495 e. The first-order valence-electron chi connectivity index (χ1n) is 8.12. The van der Waals surface area contributed by atoms with Gasteiger partial charge in [0.05, 0.1) is 25.3 Å². The van der Waals surface area contributed by atoms with Crippen molar-refractivity contribution in [3.63, 3.8) is 0 Å². The van der Waals surface area contributed by atoms with Crippen LogP contribution in [0.1, 0.15) is 18.4 Å². The van der Waals surface area contributed by atoms with E-state index in [4.69, 9.17) is 26.8 Å². The Hall–Kier alpha value is -2.47. The fourth-order valence-corrected chi connectivity index (χ4v) is 2.44. The third kappa shape index (κ3) is 5.26. The molecule has 0 radical (unpaired) electrons. The molecular formula is C18H21ClN4O2. The second kappa shape index (κ2) is 8.07. The van der Waals surface area contributed by atoms with Crippen LogP contribution in [0.4, 0.5) is 5.69 Å². The van der Waals surface area contributed by atoms with Crippen molar-refractivity contribution in [3.8, 4) is 11.6 Å². The molecule has 6 nitrogen and oxygen atoms in total. The Morgan fingerprint density at radius 3 is 2.84 bits per heavy atom. The molecule has 1 heterocycles.